The Balaban J connectivity index is 0.00000900. The fourth-order valence-corrected chi connectivity index (χ4v) is 4.47. The van der Waals surface area contributed by atoms with Gasteiger partial charge in [0.2, 0.25) is 15.9 Å². The van der Waals surface area contributed by atoms with E-state index in [0.717, 1.165) is 17.6 Å². The summed E-state index contributed by atoms with van der Waals surface area (Å²) in [5.41, 5.74) is 0.584. The molecule has 0 saturated carbocycles. The van der Waals surface area contributed by atoms with Crippen LogP contribution < -0.4 is 22.4 Å². The minimum absolute atomic E-state index is 0. The fourth-order valence-electron chi connectivity index (χ4n) is 3.45. The zero-order chi connectivity index (χ0) is 22.5. The van der Waals surface area contributed by atoms with Crippen LogP contribution >= 0.6 is 0 Å². The predicted molar refractivity (Wildman–Crippen MR) is 125 cm³/mol. The molecule has 0 fully saturated rings. The fraction of sp³-hybridized carbons (Fsp3) is 0.696. The largest absolute Gasteiger partial charge is 1.00 e. The Morgan fingerprint density at radius 3 is 1.90 bits per heavy atom. The van der Waals surface area contributed by atoms with Crippen LogP contribution in [0.1, 0.15) is 71.6 Å². The number of nitrogens with zero attached hydrogens (tertiary/aromatic N) is 1. The highest BCUT2D eigenvalue weighted by molar-refractivity contribution is 7.89. The van der Waals surface area contributed by atoms with Crippen molar-refractivity contribution in [3.05, 3.63) is 24.3 Å². The Hall–Kier alpha value is -1.15. The second kappa shape index (κ2) is 15.6. The summed E-state index contributed by atoms with van der Waals surface area (Å²) in [6.07, 6.45) is 11.8. The molecule has 1 aromatic rings. The summed E-state index contributed by atoms with van der Waals surface area (Å²) < 4.78 is 28.4. The summed E-state index contributed by atoms with van der Waals surface area (Å²) in [5, 5.41) is 2.63. The van der Waals surface area contributed by atoms with Crippen LogP contribution in [-0.4, -0.2) is 52.5 Å². The molecule has 1 amide bonds. The predicted octanol–water partition coefficient (Wildman–Crippen LogP) is 1.53. The molecule has 0 aliphatic carbocycles. The maximum atomic E-state index is 12.5. The average molecular weight is 476 g/mol. The van der Waals surface area contributed by atoms with Gasteiger partial charge in [-0.3, -0.25) is 4.79 Å². The number of hydrogen-bond donors (Lipinski definition) is 2. The number of benzene rings is 1. The summed E-state index contributed by atoms with van der Waals surface area (Å²) >= 11 is 0. The quantitative estimate of drug-likeness (QED) is 0.281. The Bertz CT molecular complexity index is 722. The van der Waals surface area contributed by atoms with Crippen molar-refractivity contribution in [3.8, 4) is 0 Å². The van der Waals surface area contributed by atoms with Crippen LogP contribution in [0.15, 0.2) is 29.2 Å². The van der Waals surface area contributed by atoms with Gasteiger partial charge >= 0.3 is 0 Å². The molecule has 8 heteroatoms. The molecule has 0 spiro atoms. The van der Waals surface area contributed by atoms with Gasteiger partial charge in [-0.25, -0.2) is 13.1 Å². The van der Waals surface area contributed by atoms with E-state index in [1.807, 2.05) is 0 Å². The van der Waals surface area contributed by atoms with Crippen LogP contribution in [0.25, 0.3) is 0 Å². The number of sulfonamides is 1. The number of amides is 1. The van der Waals surface area contributed by atoms with Gasteiger partial charge in [-0.2, -0.15) is 0 Å². The molecule has 0 aliphatic rings. The minimum atomic E-state index is -3.54. The van der Waals surface area contributed by atoms with Crippen LogP contribution in [0.4, 0.5) is 5.69 Å². The Kier molecular flexibility index (Phi) is 15.0. The van der Waals surface area contributed by atoms with Gasteiger partial charge in [0.05, 0.1) is 38.6 Å². The second-order valence-electron chi connectivity index (χ2n) is 8.81. The molecule has 0 radical (unpaired) electrons. The first-order valence-electron chi connectivity index (χ1n) is 11.4. The zero-order valence-electron chi connectivity index (χ0n) is 19.8. The number of hydrogen-bond acceptors (Lipinski definition) is 3. The van der Waals surface area contributed by atoms with Crippen molar-refractivity contribution in [3.63, 3.8) is 0 Å². The van der Waals surface area contributed by atoms with Gasteiger partial charge in [-0.1, -0.05) is 51.9 Å². The molecule has 0 saturated heterocycles. The number of unbranched alkanes of at least 4 members (excludes halogenated alkanes) is 8. The van der Waals surface area contributed by atoms with E-state index in [4.69, 9.17) is 0 Å². The number of carbonyl (C=O) groups excluding carboxylic acids is 1. The van der Waals surface area contributed by atoms with Gasteiger partial charge in [-0.05, 0) is 37.1 Å². The number of quaternary nitrogens is 1. The lowest BCUT2D eigenvalue weighted by Gasteiger charge is -2.30. The number of likely N-dealkylation sites (N-methyl/N-ethyl adjacent to an activating group) is 1. The third kappa shape index (κ3) is 13.8. The van der Waals surface area contributed by atoms with Crippen molar-refractivity contribution in [2.45, 2.75) is 76.5 Å². The number of rotatable bonds is 16. The number of halogens is 1. The smallest absolute Gasteiger partial charge is 0.240 e. The number of carbonyl (C=O) groups is 1. The zero-order valence-corrected chi connectivity index (χ0v) is 21.3. The van der Waals surface area contributed by atoms with Crippen molar-refractivity contribution < 1.29 is 30.1 Å². The van der Waals surface area contributed by atoms with E-state index in [1.54, 1.807) is 12.1 Å². The first kappa shape index (κ1) is 29.9. The molecular weight excluding hydrogens is 434 g/mol. The van der Waals surface area contributed by atoms with Gasteiger partial charge in [-0.15, -0.1) is 0 Å². The maximum absolute atomic E-state index is 12.5. The Labute approximate surface area is 196 Å². The van der Waals surface area contributed by atoms with Crippen molar-refractivity contribution >= 4 is 21.6 Å². The van der Waals surface area contributed by atoms with E-state index >= 15 is 0 Å². The van der Waals surface area contributed by atoms with Gasteiger partial charge in [0.25, 0.3) is 0 Å². The molecule has 0 bridgehead atoms. The molecule has 0 unspecified atom stereocenters. The molecule has 0 aliphatic heterocycles. The highest BCUT2D eigenvalue weighted by Gasteiger charge is 2.18. The molecule has 0 aromatic heterocycles. The van der Waals surface area contributed by atoms with Crippen LogP contribution in [0, 0.1) is 0 Å². The van der Waals surface area contributed by atoms with Crippen LogP contribution in [0.3, 0.4) is 0 Å². The Morgan fingerprint density at radius 2 is 1.39 bits per heavy atom. The summed E-state index contributed by atoms with van der Waals surface area (Å²) in [4.78, 5) is 11.3. The second-order valence-corrected chi connectivity index (χ2v) is 10.6. The number of anilines is 1. The number of nitrogens with one attached hydrogen (secondary N) is 2. The van der Waals surface area contributed by atoms with Crippen molar-refractivity contribution in [1.29, 1.82) is 0 Å². The first-order valence-corrected chi connectivity index (χ1v) is 12.8. The van der Waals surface area contributed by atoms with Crippen LogP contribution in [-0.2, 0) is 14.8 Å². The van der Waals surface area contributed by atoms with Crippen molar-refractivity contribution in [1.82, 2.24) is 4.72 Å². The molecule has 0 heterocycles. The van der Waals surface area contributed by atoms with E-state index in [2.05, 4.69) is 31.1 Å². The average Bonchev–Trinajstić information content (AvgIpc) is 2.66. The third-order valence-electron chi connectivity index (χ3n) is 5.36. The van der Waals surface area contributed by atoms with Crippen molar-refractivity contribution in [2.75, 3.05) is 39.0 Å². The van der Waals surface area contributed by atoms with E-state index in [-0.39, 0.29) is 23.2 Å². The summed E-state index contributed by atoms with van der Waals surface area (Å²) in [5.74, 6) is -0.185. The van der Waals surface area contributed by atoms with E-state index in [1.165, 1.54) is 76.8 Å². The SMILES string of the molecule is CCCCCCCCCCC[N+](C)(C)CCNS(=O)(=O)c1ccc(NC(C)=O)cc1.[Cl-]. The molecule has 0 atom stereocenters. The summed E-state index contributed by atoms with van der Waals surface area (Å²) in [6.45, 7) is 5.88. The highest BCUT2D eigenvalue weighted by Crippen LogP contribution is 2.14. The minimum Gasteiger partial charge on any atom is -1.00 e. The van der Waals surface area contributed by atoms with Crippen LogP contribution in [0.5, 0.6) is 0 Å². The highest BCUT2D eigenvalue weighted by atomic mass is 35.5. The summed E-state index contributed by atoms with van der Waals surface area (Å²) in [6, 6.07) is 6.21. The molecule has 180 valence electrons. The summed E-state index contributed by atoms with van der Waals surface area (Å²) in [7, 11) is 0.765. The lowest BCUT2D eigenvalue weighted by atomic mass is 10.1. The molecule has 6 nitrogen and oxygen atoms in total. The molecule has 31 heavy (non-hydrogen) atoms. The Morgan fingerprint density at radius 1 is 0.871 bits per heavy atom. The maximum Gasteiger partial charge on any atom is 0.240 e. The van der Waals surface area contributed by atoms with Crippen LogP contribution in [0.2, 0.25) is 0 Å². The molecule has 2 N–H and O–H groups in total. The third-order valence-corrected chi connectivity index (χ3v) is 6.84. The van der Waals surface area contributed by atoms with Gasteiger partial charge in [0.1, 0.15) is 0 Å². The van der Waals surface area contributed by atoms with Gasteiger partial charge in [0, 0.05) is 12.6 Å². The van der Waals surface area contributed by atoms with Crippen molar-refractivity contribution in [2.24, 2.45) is 0 Å². The molecule has 1 rings (SSSR count). The van der Waals surface area contributed by atoms with E-state index < -0.39 is 10.0 Å². The lowest BCUT2D eigenvalue weighted by Crippen LogP contribution is -3.00. The first-order chi connectivity index (χ1) is 14.2. The monoisotopic (exact) mass is 475 g/mol. The van der Waals surface area contributed by atoms with E-state index in [0.29, 0.717) is 12.2 Å². The van der Waals surface area contributed by atoms with E-state index in [9.17, 15) is 13.2 Å². The van der Waals surface area contributed by atoms with Gasteiger partial charge in [0.15, 0.2) is 0 Å². The van der Waals surface area contributed by atoms with Gasteiger partial charge < -0.3 is 22.2 Å². The topological polar surface area (TPSA) is 75.3 Å². The normalized spacial score (nSPS) is 11.7. The standard InChI is InChI=1S/C23H41N3O3S.ClH/c1-5-6-7-8-9-10-11-12-13-19-26(3,4)20-18-24-30(28,29)23-16-14-22(15-17-23)25-21(2)27;/h14-17,24H,5-13,18-20H2,1-4H3;1H. The molecule has 1 aromatic carbocycles. The molecular formula is C23H42ClN3O3S. The lowest BCUT2D eigenvalue weighted by molar-refractivity contribution is -0.889.